The van der Waals surface area contributed by atoms with Gasteiger partial charge in [0.1, 0.15) is 11.7 Å². The van der Waals surface area contributed by atoms with Crippen LogP contribution in [0.1, 0.15) is 71.2 Å². The molecule has 0 aliphatic carbocycles. The summed E-state index contributed by atoms with van der Waals surface area (Å²) in [5.41, 5.74) is -0.533. The number of halogens is 1. The summed E-state index contributed by atoms with van der Waals surface area (Å²) in [5.74, 6) is -0.826. The Hall–Kier alpha value is -2.28. The van der Waals surface area contributed by atoms with Gasteiger partial charge in [-0.25, -0.2) is 4.79 Å². The summed E-state index contributed by atoms with van der Waals surface area (Å²) < 4.78 is 11.4. The molecule has 0 aromatic heterocycles. The second-order valence-corrected chi connectivity index (χ2v) is 9.92. The van der Waals surface area contributed by atoms with Crippen molar-refractivity contribution >= 4 is 35.1 Å². The van der Waals surface area contributed by atoms with Gasteiger partial charge in [-0.1, -0.05) is 25.4 Å². The summed E-state index contributed by atoms with van der Waals surface area (Å²) >= 11 is 6.26. The third-order valence-corrected chi connectivity index (χ3v) is 4.87. The number of carbonyl (C=O) groups excluding carboxylic acids is 2. The van der Waals surface area contributed by atoms with Crippen molar-refractivity contribution < 1.29 is 29.0 Å². The Labute approximate surface area is 182 Å². The highest BCUT2D eigenvalue weighted by molar-refractivity contribution is 6.31. The average Bonchev–Trinajstić information content (AvgIpc) is 2.56. The summed E-state index contributed by atoms with van der Waals surface area (Å²) in [6, 6.07) is 3.11. The van der Waals surface area contributed by atoms with Gasteiger partial charge in [0.15, 0.2) is 11.5 Å². The molecule has 1 unspecified atom stereocenters. The second kappa shape index (κ2) is 8.84. The van der Waals surface area contributed by atoms with E-state index in [1.807, 2.05) is 13.8 Å². The molecule has 0 spiro atoms. The first-order valence-electron chi connectivity index (χ1n) is 9.94. The lowest BCUT2D eigenvalue weighted by Gasteiger charge is -2.35. The lowest BCUT2D eigenvalue weighted by molar-refractivity contribution is -0.139. The van der Waals surface area contributed by atoms with Crippen molar-refractivity contribution in [3.8, 4) is 5.75 Å². The third kappa shape index (κ3) is 6.36. The maximum atomic E-state index is 13.0. The van der Waals surface area contributed by atoms with Gasteiger partial charge in [0.2, 0.25) is 0 Å². The number of fused-ring (bicyclic) bond motifs is 1. The van der Waals surface area contributed by atoms with Crippen molar-refractivity contribution in [1.29, 1.82) is 0 Å². The number of nitrogens with zero attached hydrogens (tertiary/aromatic N) is 1. The molecule has 0 saturated carbocycles. The normalized spacial score (nSPS) is 16.5. The van der Waals surface area contributed by atoms with Gasteiger partial charge in [-0.2, -0.15) is 0 Å². The number of anilines is 1. The van der Waals surface area contributed by atoms with Crippen LogP contribution in [0.3, 0.4) is 0 Å². The van der Waals surface area contributed by atoms with E-state index in [1.54, 1.807) is 33.8 Å². The lowest BCUT2D eigenvalue weighted by atomic mass is 9.83. The molecule has 1 aliphatic rings. The van der Waals surface area contributed by atoms with Crippen LogP contribution < -0.4 is 9.64 Å². The van der Waals surface area contributed by atoms with Gasteiger partial charge in [-0.15, -0.1) is 0 Å². The molecule has 1 aliphatic heterocycles. The van der Waals surface area contributed by atoms with Crippen LogP contribution in [0.2, 0.25) is 5.02 Å². The number of rotatable bonds is 6. The Kier molecular flexibility index (Phi) is 7.07. The predicted octanol–water partition coefficient (Wildman–Crippen LogP) is 5.33. The summed E-state index contributed by atoms with van der Waals surface area (Å²) in [7, 11) is 0. The molecular formula is C22H30ClNO6. The quantitative estimate of drug-likeness (QED) is 0.602. The molecule has 7 nitrogen and oxygen atoms in total. The fraction of sp³-hybridized carbons (Fsp3) is 0.591. The zero-order valence-corrected chi connectivity index (χ0v) is 19.1. The van der Waals surface area contributed by atoms with Crippen LogP contribution in [0.25, 0.3) is 0 Å². The number of ketones is 1. The molecule has 0 radical (unpaired) electrons. The van der Waals surface area contributed by atoms with E-state index in [-0.39, 0.29) is 36.8 Å². The molecule has 30 heavy (non-hydrogen) atoms. The largest absolute Gasteiger partial charge is 0.486 e. The minimum Gasteiger partial charge on any atom is -0.486 e. The van der Waals surface area contributed by atoms with Crippen molar-refractivity contribution in [3.63, 3.8) is 0 Å². The highest BCUT2D eigenvalue weighted by atomic mass is 35.5. The minimum atomic E-state index is -0.905. The molecule has 2 rings (SSSR count). The lowest BCUT2D eigenvalue weighted by Crippen LogP contribution is -2.45. The first-order valence-corrected chi connectivity index (χ1v) is 10.3. The summed E-state index contributed by atoms with van der Waals surface area (Å²) in [6.45, 7) is 11.0. The number of aliphatic carboxylic acids is 1. The number of carboxylic acids is 1. The fourth-order valence-corrected chi connectivity index (χ4v) is 3.49. The summed E-state index contributed by atoms with van der Waals surface area (Å²) in [6.07, 6.45) is -0.390. The molecule has 1 aromatic carbocycles. The second-order valence-electron chi connectivity index (χ2n) is 9.48. The highest BCUT2D eigenvalue weighted by Crippen LogP contribution is 2.41. The van der Waals surface area contributed by atoms with Crippen LogP contribution in [0.5, 0.6) is 5.75 Å². The number of carbonyl (C=O) groups is 3. The van der Waals surface area contributed by atoms with E-state index in [4.69, 9.17) is 26.2 Å². The number of Topliss-reactive ketones (excluding diaryl/α,β-unsaturated/α-hetero) is 1. The van der Waals surface area contributed by atoms with Gasteiger partial charge in [-0.05, 0) is 51.7 Å². The van der Waals surface area contributed by atoms with Crippen LogP contribution in [-0.4, -0.2) is 41.2 Å². The Balaban J connectivity index is 2.34. The molecule has 0 fully saturated rings. The van der Waals surface area contributed by atoms with Crippen LogP contribution in [0.4, 0.5) is 10.5 Å². The molecule has 1 amide bonds. The maximum absolute atomic E-state index is 13.0. The standard InChI is InChI=1S/C22H30ClNO6/c1-13-12-24(20(28)30-21(2,3)4)16-10-14(23)9-15(19(16)29-13)17(25)7-8-22(5,6)11-18(26)27/h9-10,13H,7-8,11-12H2,1-6H3,(H,26,27). The summed E-state index contributed by atoms with van der Waals surface area (Å²) in [5, 5.41) is 9.34. The van der Waals surface area contributed by atoms with E-state index < -0.39 is 23.1 Å². The van der Waals surface area contributed by atoms with Gasteiger partial charge >= 0.3 is 12.1 Å². The highest BCUT2D eigenvalue weighted by Gasteiger charge is 2.34. The van der Waals surface area contributed by atoms with Crippen LogP contribution in [0, 0.1) is 5.41 Å². The van der Waals surface area contributed by atoms with E-state index in [9.17, 15) is 14.4 Å². The van der Waals surface area contributed by atoms with Crippen molar-refractivity contribution in [2.45, 2.75) is 72.5 Å². The van der Waals surface area contributed by atoms with Crippen LogP contribution in [-0.2, 0) is 9.53 Å². The Morgan fingerprint density at radius 1 is 1.23 bits per heavy atom. The molecule has 0 bridgehead atoms. The van der Waals surface area contributed by atoms with E-state index in [1.165, 1.54) is 11.0 Å². The van der Waals surface area contributed by atoms with Gasteiger partial charge in [0.05, 0.1) is 24.2 Å². The zero-order valence-electron chi connectivity index (χ0n) is 18.4. The zero-order chi connectivity index (χ0) is 22.9. The Bertz CT molecular complexity index is 843. The number of carboxylic acid groups (broad SMARTS) is 1. The molecular weight excluding hydrogens is 410 g/mol. The predicted molar refractivity (Wildman–Crippen MR) is 115 cm³/mol. The molecule has 0 saturated heterocycles. The summed E-state index contributed by atoms with van der Waals surface area (Å²) in [4.78, 5) is 38.2. The monoisotopic (exact) mass is 439 g/mol. The van der Waals surface area contributed by atoms with Gasteiger partial charge < -0.3 is 14.6 Å². The molecule has 1 aromatic rings. The minimum absolute atomic E-state index is 0.0338. The topological polar surface area (TPSA) is 93.1 Å². The van der Waals surface area contributed by atoms with E-state index in [0.717, 1.165) is 0 Å². The number of amides is 1. The van der Waals surface area contributed by atoms with Crippen molar-refractivity contribution in [2.24, 2.45) is 5.41 Å². The first kappa shape index (κ1) is 24.0. The molecule has 8 heteroatoms. The van der Waals surface area contributed by atoms with E-state index in [2.05, 4.69) is 0 Å². The molecule has 166 valence electrons. The van der Waals surface area contributed by atoms with E-state index in [0.29, 0.717) is 22.9 Å². The fourth-order valence-electron chi connectivity index (χ4n) is 3.28. The van der Waals surface area contributed by atoms with Gasteiger partial charge in [0, 0.05) is 11.4 Å². The smallest absolute Gasteiger partial charge is 0.415 e. The van der Waals surface area contributed by atoms with Crippen LogP contribution >= 0.6 is 11.6 Å². The first-order chi connectivity index (χ1) is 13.7. The number of ether oxygens (including phenoxy) is 2. The molecule has 1 N–H and O–H groups in total. The number of hydrogen-bond donors (Lipinski definition) is 1. The third-order valence-electron chi connectivity index (χ3n) is 4.66. The van der Waals surface area contributed by atoms with Gasteiger partial charge in [-0.3, -0.25) is 14.5 Å². The molecule has 1 atom stereocenters. The number of benzene rings is 1. The maximum Gasteiger partial charge on any atom is 0.415 e. The Morgan fingerprint density at radius 2 is 1.87 bits per heavy atom. The van der Waals surface area contributed by atoms with E-state index >= 15 is 0 Å². The SMILES string of the molecule is CC1CN(C(=O)OC(C)(C)C)c2cc(Cl)cc(C(=O)CCC(C)(C)CC(=O)O)c2O1. The van der Waals surface area contributed by atoms with Crippen molar-refractivity contribution in [2.75, 3.05) is 11.4 Å². The number of hydrogen-bond acceptors (Lipinski definition) is 5. The van der Waals surface area contributed by atoms with Gasteiger partial charge in [0.25, 0.3) is 0 Å². The van der Waals surface area contributed by atoms with Crippen LogP contribution in [0.15, 0.2) is 12.1 Å². The molecule has 1 heterocycles. The average molecular weight is 440 g/mol. The van der Waals surface area contributed by atoms with Crippen molar-refractivity contribution in [1.82, 2.24) is 0 Å². The van der Waals surface area contributed by atoms with Crippen molar-refractivity contribution in [3.05, 3.63) is 22.7 Å². The Morgan fingerprint density at radius 3 is 2.43 bits per heavy atom.